The van der Waals surface area contributed by atoms with Crippen LogP contribution in [0.5, 0.6) is 0 Å². The van der Waals surface area contributed by atoms with Crippen LogP contribution in [0.3, 0.4) is 0 Å². The standard InChI is InChI=1S/C55H74N2O5/c1-28-14-16-54(59-26-28)31(4)48-45(61-54)21-39-35-12-10-33-19-41-43(24-50(33,6)37(35)18-30(3)52(39,48)8)56-42-20-34-11-13-36-38(51(34,7)25-44(42)57-41)23-47(58)53(9)40(36)22-46-49(53)32(5)55(62-46)17-15-29(2)27-60-55/h21-22,28-29,31-38,45-46,48-49H,3,10-20,23-27H2,1-2,4-9H3/t28-,29-,31-,32-,33-,34-,35+,36+,37-,38-,45-,46-,48-,49-,50-,51-,52-,53+,54+,55+/m0/s1. The van der Waals surface area contributed by atoms with E-state index in [1.54, 1.807) is 5.57 Å². The maximum absolute atomic E-state index is 14.8. The lowest BCUT2D eigenvalue weighted by Crippen LogP contribution is -2.56. The fourth-order valence-electron chi connectivity index (χ4n) is 18.8. The molecule has 5 heterocycles. The molecular weight excluding hydrogens is 769 g/mol. The van der Waals surface area contributed by atoms with Crippen molar-refractivity contribution in [1.82, 2.24) is 9.97 Å². The van der Waals surface area contributed by atoms with E-state index >= 15 is 0 Å². The fourth-order valence-corrected chi connectivity index (χ4v) is 18.8. The molecular formula is C55H74N2O5. The van der Waals surface area contributed by atoms with Crippen LogP contribution in [0.15, 0.2) is 35.5 Å². The first-order valence-electron chi connectivity index (χ1n) is 25.7. The number of fused-ring (bicyclic) bond motifs is 16. The Morgan fingerprint density at radius 2 is 1.06 bits per heavy atom. The van der Waals surface area contributed by atoms with Gasteiger partial charge in [-0.2, -0.15) is 0 Å². The molecule has 20 atom stereocenters. The first-order valence-corrected chi connectivity index (χ1v) is 25.7. The molecule has 0 N–H and O–H groups in total. The normalized spacial score (nSPS) is 55.4. The third-order valence-electron chi connectivity index (χ3n) is 22.6. The second kappa shape index (κ2) is 12.8. The highest BCUT2D eigenvalue weighted by atomic mass is 16.7. The molecule has 13 rings (SSSR count). The van der Waals surface area contributed by atoms with Gasteiger partial charge in [0, 0.05) is 48.3 Å². The minimum absolute atomic E-state index is 0.0197. The second-order valence-electron chi connectivity index (χ2n) is 25.2. The summed E-state index contributed by atoms with van der Waals surface area (Å²) in [5, 5.41) is 0. The van der Waals surface area contributed by atoms with Crippen molar-refractivity contribution in [2.75, 3.05) is 13.2 Å². The molecule has 1 aromatic heterocycles. The van der Waals surface area contributed by atoms with Gasteiger partial charge in [0.05, 0.1) is 53.6 Å². The van der Waals surface area contributed by atoms with Crippen molar-refractivity contribution < 1.29 is 23.7 Å². The molecule has 1 aromatic rings. The lowest BCUT2D eigenvalue weighted by molar-refractivity contribution is -0.265. The Morgan fingerprint density at radius 1 is 0.597 bits per heavy atom. The summed E-state index contributed by atoms with van der Waals surface area (Å²) in [5.74, 6) is 4.88. The van der Waals surface area contributed by atoms with Gasteiger partial charge in [0.25, 0.3) is 0 Å². The molecule has 4 saturated heterocycles. The SMILES string of the molecule is C=C1C[C@H]2[C@@H](CC[C@H]3Cc4nc5c(nc4C[C@@]32C)C[C@@H]2CC[C@H]3C4=C[C@@H]6O[C@]7(CC[C@H](C)CO7)[C@@H](C)[C@@H]6[C@@]4(C)C(=O)C[C@@H]3[C@@]2(C)C5)C2=C[C@@H]3O[C@]4(CC[C@H](C)CO4)[C@@H](C)[C@@H]3[C@@]12C. The number of aromatic nitrogens is 2. The smallest absolute Gasteiger partial charge is 0.172 e. The third kappa shape index (κ3) is 4.87. The lowest BCUT2D eigenvalue weighted by Gasteiger charge is -2.60. The van der Waals surface area contributed by atoms with Gasteiger partial charge in [0.1, 0.15) is 5.78 Å². The number of ether oxygens (including phenoxy) is 4. The first kappa shape index (κ1) is 40.1. The van der Waals surface area contributed by atoms with Crippen LogP contribution < -0.4 is 0 Å². The summed E-state index contributed by atoms with van der Waals surface area (Å²) in [6, 6.07) is 0. The number of nitrogens with zero attached hydrogens (tertiary/aromatic N) is 2. The van der Waals surface area contributed by atoms with E-state index < -0.39 is 17.0 Å². The number of hydrogen-bond acceptors (Lipinski definition) is 7. The molecule has 7 heteroatoms. The molecule has 12 aliphatic rings. The van der Waals surface area contributed by atoms with Crippen LogP contribution >= 0.6 is 0 Å². The number of Topliss-reactive ketones (excluding diaryl/α,β-unsaturated/α-hetero) is 1. The van der Waals surface area contributed by atoms with Gasteiger partial charge in [-0.05, 0) is 136 Å². The van der Waals surface area contributed by atoms with Gasteiger partial charge in [-0.15, -0.1) is 0 Å². The van der Waals surface area contributed by atoms with E-state index in [0.29, 0.717) is 71.4 Å². The van der Waals surface area contributed by atoms with E-state index in [1.165, 1.54) is 66.0 Å². The van der Waals surface area contributed by atoms with Gasteiger partial charge in [0.2, 0.25) is 0 Å². The monoisotopic (exact) mass is 843 g/mol. The predicted molar refractivity (Wildman–Crippen MR) is 237 cm³/mol. The maximum Gasteiger partial charge on any atom is 0.172 e. The van der Waals surface area contributed by atoms with Crippen molar-refractivity contribution in [2.45, 2.75) is 169 Å². The number of ketones is 1. The van der Waals surface area contributed by atoms with Crippen molar-refractivity contribution in [3.63, 3.8) is 0 Å². The Hall–Kier alpha value is -2.19. The van der Waals surface area contributed by atoms with E-state index in [4.69, 9.17) is 35.5 Å². The van der Waals surface area contributed by atoms with Crippen LogP contribution in [0.25, 0.3) is 0 Å². The molecule has 0 unspecified atom stereocenters. The highest BCUT2D eigenvalue weighted by Gasteiger charge is 2.70. The Balaban J connectivity index is 0.764. The zero-order valence-electron chi connectivity index (χ0n) is 39.2. The predicted octanol–water partition coefficient (Wildman–Crippen LogP) is 10.4. The van der Waals surface area contributed by atoms with Crippen molar-refractivity contribution in [3.05, 3.63) is 58.2 Å². The minimum atomic E-state index is -0.531. The number of carbonyl (C=O) groups is 1. The van der Waals surface area contributed by atoms with Crippen molar-refractivity contribution in [2.24, 2.45) is 92.7 Å². The minimum Gasteiger partial charge on any atom is -0.349 e. The van der Waals surface area contributed by atoms with Gasteiger partial charge in [-0.25, -0.2) is 0 Å². The van der Waals surface area contributed by atoms with Crippen LogP contribution in [0.1, 0.15) is 142 Å². The van der Waals surface area contributed by atoms with Gasteiger partial charge in [-0.3, -0.25) is 14.8 Å². The summed E-state index contributed by atoms with van der Waals surface area (Å²) in [4.78, 5) is 26.2. The number of allylic oxidation sites excluding steroid dienone is 3. The van der Waals surface area contributed by atoms with Crippen LogP contribution in [0, 0.1) is 92.7 Å². The summed E-state index contributed by atoms with van der Waals surface area (Å²) in [7, 11) is 0. The van der Waals surface area contributed by atoms with Gasteiger partial charge in [0.15, 0.2) is 11.6 Å². The van der Waals surface area contributed by atoms with E-state index in [1.807, 2.05) is 0 Å². The Bertz CT molecular complexity index is 2060. The summed E-state index contributed by atoms with van der Waals surface area (Å²) >= 11 is 0. The van der Waals surface area contributed by atoms with E-state index in [2.05, 4.69) is 67.5 Å². The average molecular weight is 843 g/mol. The van der Waals surface area contributed by atoms with Crippen molar-refractivity contribution in [3.8, 4) is 0 Å². The zero-order valence-corrected chi connectivity index (χ0v) is 39.2. The molecule has 334 valence electrons. The number of rotatable bonds is 0. The van der Waals surface area contributed by atoms with E-state index in [9.17, 15) is 4.79 Å². The second-order valence-corrected chi connectivity index (χ2v) is 25.2. The highest BCUT2D eigenvalue weighted by molar-refractivity contribution is 5.91. The quantitative estimate of drug-likeness (QED) is 0.241. The molecule has 7 nitrogen and oxygen atoms in total. The Morgan fingerprint density at radius 3 is 1.55 bits per heavy atom. The molecule has 0 bridgehead atoms. The van der Waals surface area contributed by atoms with Crippen LogP contribution in [0.2, 0.25) is 0 Å². The number of carbonyl (C=O) groups excluding carboxylic acids is 1. The molecule has 62 heavy (non-hydrogen) atoms. The molecule has 4 saturated carbocycles. The zero-order chi connectivity index (χ0) is 42.7. The van der Waals surface area contributed by atoms with Gasteiger partial charge >= 0.3 is 0 Å². The third-order valence-corrected chi connectivity index (χ3v) is 22.6. The molecule has 0 amide bonds. The largest absolute Gasteiger partial charge is 0.349 e. The molecule has 8 aliphatic carbocycles. The van der Waals surface area contributed by atoms with Crippen molar-refractivity contribution >= 4 is 5.78 Å². The number of hydrogen-bond donors (Lipinski definition) is 0. The summed E-state index contributed by atoms with van der Waals surface area (Å²) in [6.07, 6.45) is 20.1. The van der Waals surface area contributed by atoms with Crippen LogP contribution in [0.4, 0.5) is 0 Å². The maximum atomic E-state index is 14.8. The fraction of sp³-hybridized carbons (Fsp3) is 0.800. The summed E-state index contributed by atoms with van der Waals surface area (Å²) < 4.78 is 27.1. The molecule has 8 fully saturated rings. The lowest BCUT2D eigenvalue weighted by atomic mass is 9.44. The summed E-state index contributed by atoms with van der Waals surface area (Å²) in [6.45, 7) is 25.8. The van der Waals surface area contributed by atoms with Gasteiger partial charge in [-0.1, -0.05) is 83.9 Å². The highest BCUT2D eigenvalue weighted by Crippen LogP contribution is 2.72. The van der Waals surface area contributed by atoms with Crippen molar-refractivity contribution in [1.29, 1.82) is 0 Å². The molecule has 2 spiro atoms. The van der Waals surface area contributed by atoms with E-state index in [0.717, 1.165) is 64.6 Å². The topological polar surface area (TPSA) is 79.8 Å². The first-order chi connectivity index (χ1) is 29.5. The van der Waals surface area contributed by atoms with Gasteiger partial charge < -0.3 is 18.9 Å². The summed E-state index contributed by atoms with van der Waals surface area (Å²) in [5.41, 5.74) is 9.31. The average Bonchev–Trinajstić information content (AvgIpc) is 3.89. The van der Waals surface area contributed by atoms with Crippen LogP contribution in [-0.4, -0.2) is 52.7 Å². The molecule has 0 aromatic carbocycles. The van der Waals surface area contributed by atoms with Crippen LogP contribution in [-0.2, 0) is 49.4 Å². The molecule has 4 aliphatic heterocycles. The Kier molecular flexibility index (Phi) is 8.30. The molecule has 0 radical (unpaired) electrons. The van der Waals surface area contributed by atoms with E-state index in [-0.39, 0.29) is 40.3 Å². The Labute approximate surface area is 371 Å².